The Kier molecular flexibility index (Phi) is 3.45. The Morgan fingerprint density at radius 1 is 1.39 bits per heavy atom. The fraction of sp³-hybridized carbons (Fsp3) is 0.100. The molecule has 6 nitrogen and oxygen atoms in total. The van der Waals surface area contributed by atoms with Gasteiger partial charge in [0.1, 0.15) is 5.30 Å². The Labute approximate surface area is 107 Å². The molecule has 0 spiro atoms. The molecule has 0 saturated carbocycles. The van der Waals surface area contributed by atoms with Gasteiger partial charge in [0.2, 0.25) is 0 Å². The molecule has 1 unspecified atom stereocenters. The van der Waals surface area contributed by atoms with Crippen LogP contribution < -0.4 is 10.9 Å². The zero-order valence-electron chi connectivity index (χ0n) is 9.33. The first-order valence-electron chi connectivity index (χ1n) is 4.91. The molecule has 0 aliphatic carbocycles. The minimum absolute atomic E-state index is 0.306. The van der Waals surface area contributed by atoms with Crippen molar-refractivity contribution in [3.8, 4) is 5.69 Å². The molecule has 2 N–H and O–H groups in total. The van der Waals surface area contributed by atoms with Gasteiger partial charge in [-0.2, -0.15) is 0 Å². The van der Waals surface area contributed by atoms with Crippen LogP contribution in [-0.2, 0) is 9.09 Å². The maximum absolute atomic E-state index is 11.6. The highest BCUT2D eigenvalue weighted by molar-refractivity contribution is 7.61. The zero-order chi connectivity index (χ0) is 13.3. The van der Waals surface area contributed by atoms with E-state index >= 15 is 0 Å². The van der Waals surface area contributed by atoms with Crippen molar-refractivity contribution in [2.75, 3.05) is 7.11 Å². The van der Waals surface area contributed by atoms with E-state index in [1.165, 1.54) is 10.9 Å². The molecule has 0 amide bonds. The van der Waals surface area contributed by atoms with Crippen molar-refractivity contribution in [2.45, 2.75) is 0 Å². The van der Waals surface area contributed by atoms with Crippen LogP contribution in [0.5, 0.6) is 0 Å². The maximum Gasteiger partial charge on any atom is 0.365 e. The molecule has 0 aliphatic heterocycles. The summed E-state index contributed by atoms with van der Waals surface area (Å²) >= 11 is 5.74. The second kappa shape index (κ2) is 4.74. The average molecular weight is 289 g/mol. The molecule has 1 aromatic heterocycles. The summed E-state index contributed by atoms with van der Waals surface area (Å²) in [4.78, 5) is 21.0. The van der Waals surface area contributed by atoms with Crippen molar-refractivity contribution in [1.29, 1.82) is 0 Å². The quantitative estimate of drug-likeness (QED) is 0.833. The summed E-state index contributed by atoms with van der Waals surface area (Å²) in [5, 5.41) is 2.67. The second-order valence-electron chi connectivity index (χ2n) is 3.50. The third-order valence-electron chi connectivity index (χ3n) is 2.36. The predicted octanol–water partition coefficient (Wildman–Crippen LogP) is 1.28. The van der Waals surface area contributed by atoms with Crippen LogP contribution in [0.3, 0.4) is 0 Å². The summed E-state index contributed by atoms with van der Waals surface area (Å²) in [6, 6.07) is 6.61. The Balaban J connectivity index is 2.50. The standard InChI is InChI=1S/C10H10ClN2O4P/c1-17-18(15,16)9-6-13(12-10(9)14)8-4-2-7(11)3-5-8/h2-6H,1H3,(H,12,14)(H,15,16). The number of aromatic nitrogens is 2. The first-order valence-corrected chi connectivity index (χ1v) is 6.86. The van der Waals surface area contributed by atoms with E-state index in [0.717, 1.165) is 7.11 Å². The van der Waals surface area contributed by atoms with E-state index in [0.29, 0.717) is 10.7 Å². The average Bonchev–Trinajstić information content (AvgIpc) is 2.73. The molecule has 1 heterocycles. The number of H-pyrrole nitrogens is 1. The third kappa shape index (κ3) is 2.42. The van der Waals surface area contributed by atoms with Crippen LogP contribution in [0.15, 0.2) is 35.3 Å². The van der Waals surface area contributed by atoms with Crippen molar-refractivity contribution in [1.82, 2.24) is 9.78 Å². The van der Waals surface area contributed by atoms with Crippen LogP contribution in [0, 0.1) is 0 Å². The van der Waals surface area contributed by atoms with Gasteiger partial charge in [0.05, 0.1) is 5.69 Å². The molecule has 1 aromatic carbocycles. The van der Waals surface area contributed by atoms with Crippen molar-refractivity contribution < 1.29 is 14.0 Å². The van der Waals surface area contributed by atoms with Crippen LogP contribution in [0.4, 0.5) is 0 Å². The molecule has 0 saturated heterocycles. The number of rotatable bonds is 3. The van der Waals surface area contributed by atoms with Crippen molar-refractivity contribution >= 4 is 24.5 Å². The van der Waals surface area contributed by atoms with Gasteiger partial charge in [-0.3, -0.25) is 19.1 Å². The molecule has 0 aliphatic rings. The second-order valence-corrected chi connectivity index (χ2v) is 5.83. The van der Waals surface area contributed by atoms with Crippen molar-refractivity contribution in [3.63, 3.8) is 0 Å². The summed E-state index contributed by atoms with van der Waals surface area (Å²) in [6.07, 6.45) is 1.23. The molecular formula is C10H10ClN2O4P. The van der Waals surface area contributed by atoms with E-state index in [1.807, 2.05) is 0 Å². The van der Waals surface area contributed by atoms with E-state index in [-0.39, 0.29) is 5.30 Å². The van der Waals surface area contributed by atoms with E-state index < -0.39 is 13.2 Å². The number of nitrogens with zero attached hydrogens (tertiary/aromatic N) is 1. The van der Waals surface area contributed by atoms with Gasteiger partial charge in [0.15, 0.2) is 0 Å². The predicted molar refractivity (Wildman–Crippen MR) is 67.9 cm³/mol. The lowest BCUT2D eigenvalue weighted by Crippen LogP contribution is -2.21. The molecule has 2 aromatic rings. The largest absolute Gasteiger partial charge is 0.365 e. The van der Waals surface area contributed by atoms with Gasteiger partial charge in [0.25, 0.3) is 5.56 Å². The van der Waals surface area contributed by atoms with Crippen molar-refractivity contribution in [2.24, 2.45) is 0 Å². The lowest BCUT2D eigenvalue weighted by Gasteiger charge is -2.04. The number of halogens is 1. The SMILES string of the molecule is COP(=O)(O)c1cn(-c2ccc(Cl)cc2)[nH]c1=O. The fourth-order valence-electron chi connectivity index (χ4n) is 1.42. The summed E-state index contributed by atoms with van der Waals surface area (Å²) in [5.74, 6) is 0. The van der Waals surface area contributed by atoms with Crippen LogP contribution in [0.25, 0.3) is 5.69 Å². The van der Waals surface area contributed by atoms with Gasteiger partial charge in [-0.25, -0.2) is 0 Å². The van der Waals surface area contributed by atoms with E-state index in [2.05, 4.69) is 9.62 Å². The number of hydrogen-bond acceptors (Lipinski definition) is 3. The van der Waals surface area contributed by atoms with E-state index in [4.69, 9.17) is 11.6 Å². The minimum atomic E-state index is -4.06. The molecular weight excluding hydrogens is 279 g/mol. The maximum atomic E-state index is 11.6. The number of aromatic amines is 1. The van der Waals surface area contributed by atoms with Gasteiger partial charge >= 0.3 is 7.60 Å². The van der Waals surface area contributed by atoms with Gasteiger partial charge in [-0.05, 0) is 24.3 Å². The van der Waals surface area contributed by atoms with Gasteiger partial charge in [0, 0.05) is 18.3 Å². The smallest absolute Gasteiger partial charge is 0.321 e. The molecule has 8 heteroatoms. The monoisotopic (exact) mass is 288 g/mol. The van der Waals surface area contributed by atoms with Gasteiger partial charge in [-0.1, -0.05) is 11.6 Å². The molecule has 0 fully saturated rings. The highest BCUT2D eigenvalue weighted by atomic mass is 35.5. The summed E-state index contributed by atoms with van der Waals surface area (Å²) in [5.41, 5.74) is -0.0588. The van der Waals surface area contributed by atoms with Gasteiger partial charge < -0.3 is 9.42 Å². The first-order chi connectivity index (χ1) is 8.44. The number of benzene rings is 1. The lowest BCUT2D eigenvalue weighted by atomic mass is 10.3. The van der Waals surface area contributed by atoms with Gasteiger partial charge in [-0.15, -0.1) is 0 Å². The molecule has 0 radical (unpaired) electrons. The first kappa shape index (κ1) is 13.1. The molecule has 0 bridgehead atoms. The fourth-order valence-corrected chi connectivity index (χ4v) is 2.31. The van der Waals surface area contributed by atoms with Crippen LogP contribution in [-0.4, -0.2) is 21.8 Å². The lowest BCUT2D eigenvalue weighted by molar-refractivity contribution is 0.328. The van der Waals surface area contributed by atoms with Crippen LogP contribution in [0.1, 0.15) is 0 Å². The zero-order valence-corrected chi connectivity index (χ0v) is 11.0. The molecule has 18 heavy (non-hydrogen) atoms. The number of nitrogens with one attached hydrogen (secondary N) is 1. The van der Waals surface area contributed by atoms with E-state index in [1.54, 1.807) is 24.3 Å². The molecule has 2 rings (SSSR count). The van der Waals surface area contributed by atoms with E-state index in [9.17, 15) is 14.3 Å². The minimum Gasteiger partial charge on any atom is -0.321 e. The normalized spacial score (nSPS) is 14.4. The molecule has 1 atom stereocenters. The Morgan fingerprint density at radius 2 is 2.00 bits per heavy atom. The highest BCUT2D eigenvalue weighted by Gasteiger charge is 2.26. The summed E-state index contributed by atoms with van der Waals surface area (Å²) in [6.45, 7) is 0. The van der Waals surface area contributed by atoms with Crippen LogP contribution in [0.2, 0.25) is 5.02 Å². The third-order valence-corrected chi connectivity index (χ3v) is 4.04. The Bertz CT molecular complexity index is 661. The van der Waals surface area contributed by atoms with Crippen LogP contribution >= 0.6 is 19.2 Å². The highest BCUT2D eigenvalue weighted by Crippen LogP contribution is 2.37. The van der Waals surface area contributed by atoms with Crippen molar-refractivity contribution in [3.05, 3.63) is 45.8 Å². The summed E-state index contributed by atoms with van der Waals surface area (Å²) in [7, 11) is -2.99. The molecule has 96 valence electrons. The Hall–Kier alpha value is -1.33. The topological polar surface area (TPSA) is 84.3 Å². The summed E-state index contributed by atoms with van der Waals surface area (Å²) < 4.78 is 17.3. The number of hydrogen-bond donors (Lipinski definition) is 2. The Morgan fingerprint density at radius 3 is 2.56 bits per heavy atom.